The van der Waals surface area contributed by atoms with Crippen LogP contribution in [0.25, 0.3) is 0 Å². The van der Waals surface area contributed by atoms with Crippen LogP contribution in [-0.2, 0) is 4.79 Å². The number of hydrogen-bond acceptors (Lipinski definition) is 4. The average molecular weight is 636 g/mol. The van der Waals surface area contributed by atoms with Crippen molar-refractivity contribution in [2.45, 2.75) is 218 Å². The van der Waals surface area contributed by atoms with Gasteiger partial charge in [-0.25, -0.2) is 0 Å². The van der Waals surface area contributed by atoms with Crippen LogP contribution < -0.4 is 5.32 Å². The molecule has 0 aromatic heterocycles. The largest absolute Gasteiger partial charge is 0.394 e. The average Bonchev–Trinajstić information content (AvgIpc) is 3.03. The third-order valence-corrected chi connectivity index (χ3v) is 8.99. The van der Waals surface area contributed by atoms with Crippen molar-refractivity contribution in [3.8, 4) is 0 Å². The molecule has 0 aromatic rings. The third-order valence-electron chi connectivity index (χ3n) is 8.99. The highest BCUT2D eigenvalue weighted by atomic mass is 16.3. The van der Waals surface area contributed by atoms with Crippen molar-refractivity contribution in [3.63, 3.8) is 0 Å². The molecule has 266 valence electrons. The number of amides is 1. The minimum atomic E-state index is -0.946. The van der Waals surface area contributed by atoms with Crippen LogP contribution in [-0.4, -0.2) is 46.1 Å². The van der Waals surface area contributed by atoms with Crippen molar-refractivity contribution in [1.29, 1.82) is 0 Å². The van der Waals surface area contributed by atoms with E-state index in [0.717, 1.165) is 32.1 Å². The van der Waals surface area contributed by atoms with E-state index < -0.39 is 18.2 Å². The smallest absolute Gasteiger partial charge is 0.222 e. The molecule has 0 spiro atoms. The van der Waals surface area contributed by atoms with Crippen LogP contribution in [0.1, 0.15) is 200 Å². The van der Waals surface area contributed by atoms with Crippen LogP contribution in [0.2, 0.25) is 0 Å². The maximum Gasteiger partial charge on any atom is 0.222 e. The Labute approximate surface area is 280 Å². The molecule has 0 saturated heterocycles. The maximum absolute atomic E-state index is 12.4. The van der Waals surface area contributed by atoms with Crippen molar-refractivity contribution < 1.29 is 20.1 Å². The monoisotopic (exact) mass is 636 g/mol. The Balaban J connectivity index is 3.71. The van der Waals surface area contributed by atoms with Crippen molar-refractivity contribution in [2.24, 2.45) is 0 Å². The van der Waals surface area contributed by atoms with E-state index in [-0.39, 0.29) is 18.9 Å². The first-order valence-electron chi connectivity index (χ1n) is 19.6. The lowest BCUT2D eigenvalue weighted by Crippen LogP contribution is -2.45. The molecule has 0 heterocycles. The van der Waals surface area contributed by atoms with Crippen LogP contribution in [0.4, 0.5) is 0 Å². The standard InChI is InChI=1S/C40H77NO4/c1-3-5-7-9-11-13-15-17-18-19-20-22-23-25-27-29-31-33-37(43)35-40(45)41-38(36-42)39(44)34-32-30-28-26-24-21-16-14-12-10-8-6-4-2/h24,26,32,34,37-39,42-44H,3-23,25,27-31,33,35-36H2,1-2H3,(H,41,45)/b26-24+,34-32+. The second-order valence-corrected chi connectivity index (χ2v) is 13.5. The number of hydrogen-bond donors (Lipinski definition) is 4. The van der Waals surface area contributed by atoms with Gasteiger partial charge in [-0.15, -0.1) is 0 Å². The van der Waals surface area contributed by atoms with Crippen LogP contribution >= 0.6 is 0 Å². The van der Waals surface area contributed by atoms with E-state index in [1.54, 1.807) is 6.08 Å². The van der Waals surface area contributed by atoms with Gasteiger partial charge in [-0.1, -0.05) is 186 Å². The summed E-state index contributed by atoms with van der Waals surface area (Å²) >= 11 is 0. The van der Waals surface area contributed by atoms with Gasteiger partial charge in [0, 0.05) is 0 Å². The third kappa shape index (κ3) is 32.6. The van der Waals surface area contributed by atoms with E-state index >= 15 is 0 Å². The minimum Gasteiger partial charge on any atom is -0.394 e. The lowest BCUT2D eigenvalue weighted by Gasteiger charge is -2.21. The summed E-state index contributed by atoms with van der Waals surface area (Å²) in [7, 11) is 0. The first-order chi connectivity index (χ1) is 22.0. The summed E-state index contributed by atoms with van der Waals surface area (Å²) < 4.78 is 0. The topological polar surface area (TPSA) is 89.8 Å². The first kappa shape index (κ1) is 43.8. The molecule has 0 bridgehead atoms. The van der Waals surface area contributed by atoms with Gasteiger partial charge in [0.2, 0.25) is 5.91 Å². The minimum absolute atomic E-state index is 0.00925. The lowest BCUT2D eigenvalue weighted by molar-refractivity contribution is -0.124. The molecule has 0 aliphatic rings. The van der Waals surface area contributed by atoms with E-state index in [1.807, 2.05) is 6.08 Å². The Morgan fingerprint density at radius 1 is 0.556 bits per heavy atom. The molecular formula is C40H77NO4. The van der Waals surface area contributed by atoms with Crippen molar-refractivity contribution in [3.05, 3.63) is 24.3 Å². The van der Waals surface area contributed by atoms with Crippen LogP contribution in [0, 0.1) is 0 Å². The molecule has 45 heavy (non-hydrogen) atoms. The zero-order valence-electron chi connectivity index (χ0n) is 30.0. The lowest BCUT2D eigenvalue weighted by atomic mass is 10.0. The quantitative estimate of drug-likeness (QED) is 0.0412. The van der Waals surface area contributed by atoms with Gasteiger partial charge in [0.1, 0.15) is 0 Å². The summed E-state index contributed by atoms with van der Waals surface area (Å²) in [6.07, 6.45) is 41.6. The van der Waals surface area contributed by atoms with Gasteiger partial charge in [-0.2, -0.15) is 0 Å². The van der Waals surface area contributed by atoms with Gasteiger partial charge in [-0.05, 0) is 32.1 Å². The van der Waals surface area contributed by atoms with Gasteiger partial charge in [0.15, 0.2) is 0 Å². The number of nitrogens with one attached hydrogen (secondary N) is 1. The predicted octanol–water partition coefficient (Wildman–Crippen LogP) is 10.7. The molecule has 0 rings (SSSR count). The first-order valence-corrected chi connectivity index (χ1v) is 19.6. The molecule has 5 heteroatoms. The van der Waals surface area contributed by atoms with E-state index in [4.69, 9.17) is 0 Å². The Hall–Kier alpha value is -1.17. The number of unbranched alkanes of at least 4 members (excludes halogenated alkanes) is 24. The van der Waals surface area contributed by atoms with E-state index in [0.29, 0.717) is 6.42 Å². The Kier molecular flexibility index (Phi) is 34.8. The summed E-state index contributed by atoms with van der Waals surface area (Å²) in [5.74, 6) is -0.325. The molecule has 0 saturated carbocycles. The van der Waals surface area contributed by atoms with E-state index in [9.17, 15) is 20.1 Å². The number of aliphatic hydroxyl groups excluding tert-OH is 3. The predicted molar refractivity (Wildman–Crippen MR) is 195 cm³/mol. The number of allylic oxidation sites excluding steroid dienone is 3. The van der Waals surface area contributed by atoms with Gasteiger partial charge in [0.05, 0.1) is 31.3 Å². The normalized spacial score (nSPS) is 14.0. The molecular weight excluding hydrogens is 558 g/mol. The molecule has 5 nitrogen and oxygen atoms in total. The molecule has 4 N–H and O–H groups in total. The Morgan fingerprint density at radius 3 is 1.42 bits per heavy atom. The second kappa shape index (κ2) is 35.7. The molecule has 1 amide bonds. The number of carbonyl (C=O) groups is 1. The van der Waals surface area contributed by atoms with E-state index in [2.05, 4.69) is 31.3 Å². The van der Waals surface area contributed by atoms with E-state index in [1.165, 1.54) is 141 Å². The number of aliphatic hydroxyl groups is 3. The molecule has 0 radical (unpaired) electrons. The zero-order chi connectivity index (χ0) is 33.1. The fraction of sp³-hybridized carbons (Fsp3) is 0.875. The molecule has 0 fully saturated rings. The highest BCUT2D eigenvalue weighted by molar-refractivity contribution is 5.76. The molecule has 0 aliphatic carbocycles. The summed E-state index contributed by atoms with van der Waals surface area (Å²) in [4.78, 5) is 12.4. The number of carbonyl (C=O) groups excluding carboxylic acids is 1. The second-order valence-electron chi connectivity index (χ2n) is 13.5. The van der Waals surface area contributed by atoms with Crippen molar-refractivity contribution in [2.75, 3.05) is 6.61 Å². The van der Waals surface area contributed by atoms with Gasteiger partial charge >= 0.3 is 0 Å². The highest BCUT2D eigenvalue weighted by Gasteiger charge is 2.20. The zero-order valence-corrected chi connectivity index (χ0v) is 30.0. The van der Waals surface area contributed by atoms with Crippen LogP contribution in [0.15, 0.2) is 24.3 Å². The molecule has 3 unspecified atom stereocenters. The molecule has 3 atom stereocenters. The molecule has 0 aliphatic heterocycles. The number of rotatable bonds is 35. The van der Waals surface area contributed by atoms with Crippen molar-refractivity contribution in [1.82, 2.24) is 5.32 Å². The SMILES string of the molecule is CCCCCCCCC/C=C/CC/C=C/C(O)C(CO)NC(=O)CC(O)CCCCCCCCCCCCCCCCCCC. The fourth-order valence-electron chi connectivity index (χ4n) is 5.94. The maximum atomic E-state index is 12.4. The Morgan fingerprint density at radius 2 is 0.956 bits per heavy atom. The van der Waals surface area contributed by atoms with Crippen LogP contribution in [0.5, 0.6) is 0 Å². The fourth-order valence-corrected chi connectivity index (χ4v) is 5.94. The van der Waals surface area contributed by atoms with Crippen LogP contribution in [0.3, 0.4) is 0 Å². The summed E-state index contributed by atoms with van der Waals surface area (Å²) in [5.41, 5.74) is 0. The highest BCUT2D eigenvalue weighted by Crippen LogP contribution is 2.15. The summed E-state index contributed by atoms with van der Waals surface area (Å²) in [6.45, 7) is 4.18. The summed E-state index contributed by atoms with van der Waals surface area (Å²) in [5, 5.41) is 33.0. The van der Waals surface area contributed by atoms with Gasteiger partial charge in [-0.3, -0.25) is 4.79 Å². The van der Waals surface area contributed by atoms with Gasteiger partial charge < -0.3 is 20.6 Å². The molecule has 0 aromatic carbocycles. The van der Waals surface area contributed by atoms with Crippen molar-refractivity contribution >= 4 is 5.91 Å². The van der Waals surface area contributed by atoms with Gasteiger partial charge in [0.25, 0.3) is 0 Å². The summed E-state index contributed by atoms with van der Waals surface area (Å²) in [6, 6.07) is -0.755. The Bertz CT molecular complexity index is 665.